The summed E-state index contributed by atoms with van der Waals surface area (Å²) >= 11 is 0. The lowest BCUT2D eigenvalue weighted by Gasteiger charge is -2.62. The van der Waals surface area contributed by atoms with Crippen LogP contribution in [0, 0.1) is 28.6 Å². The summed E-state index contributed by atoms with van der Waals surface area (Å²) in [7, 11) is 1.70. The molecular formula is C28H37FN4O2. The summed E-state index contributed by atoms with van der Waals surface area (Å²) in [5, 5.41) is 2.69. The Labute approximate surface area is 206 Å². The zero-order chi connectivity index (χ0) is 24.6. The van der Waals surface area contributed by atoms with Gasteiger partial charge in [0.15, 0.2) is 0 Å². The van der Waals surface area contributed by atoms with Crippen molar-refractivity contribution in [2.45, 2.75) is 83.5 Å². The topological polar surface area (TPSA) is 78.1 Å². The average molecular weight is 481 g/mol. The first-order valence-electron chi connectivity index (χ1n) is 13.3. The van der Waals surface area contributed by atoms with Crippen LogP contribution in [0.4, 0.5) is 4.39 Å². The Balaban J connectivity index is 1.25. The van der Waals surface area contributed by atoms with Crippen molar-refractivity contribution in [1.82, 2.24) is 20.2 Å². The smallest absolute Gasteiger partial charge is 0.270 e. The van der Waals surface area contributed by atoms with Gasteiger partial charge in [0.1, 0.15) is 5.82 Å². The van der Waals surface area contributed by atoms with Crippen LogP contribution in [0.2, 0.25) is 0 Å². The quantitative estimate of drug-likeness (QED) is 0.623. The first-order chi connectivity index (χ1) is 16.7. The van der Waals surface area contributed by atoms with Gasteiger partial charge in [0.2, 0.25) is 0 Å². The Morgan fingerprint density at radius 3 is 2.77 bits per heavy atom. The molecule has 2 aromatic rings. The average Bonchev–Trinajstić information content (AvgIpc) is 3.43. The number of nitrogens with zero attached hydrogens (tertiary/aromatic N) is 2. The number of halogens is 1. The van der Waals surface area contributed by atoms with E-state index < -0.39 is 22.9 Å². The van der Waals surface area contributed by atoms with E-state index in [9.17, 15) is 9.59 Å². The molecule has 1 aliphatic heterocycles. The van der Waals surface area contributed by atoms with Crippen LogP contribution >= 0.6 is 0 Å². The van der Waals surface area contributed by atoms with Crippen molar-refractivity contribution in [2.75, 3.05) is 7.05 Å². The van der Waals surface area contributed by atoms with Gasteiger partial charge in [0.25, 0.3) is 17.5 Å². The molecule has 1 saturated heterocycles. The minimum Gasteiger partial charge on any atom is -0.346 e. The molecule has 2 N–H and O–H groups in total. The molecule has 2 amide bonds. The maximum Gasteiger partial charge on any atom is 0.270 e. The van der Waals surface area contributed by atoms with Crippen molar-refractivity contribution < 1.29 is 14.0 Å². The Bertz CT molecular complexity index is 1150. The summed E-state index contributed by atoms with van der Waals surface area (Å²) in [4.78, 5) is 35.8. The molecule has 2 unspecified atom stereocenters. The second-order valence-corrected chi connectivity index (χ2v) is 12.3. The molecule has 1 aromatic carbocycles. The monoisotopic (exact) mass is 480 g/mol. The van der Waals surface area contributed by atoms with Crippen LogP contribution in [0.3, 0.4) is 0 Å². The van der Waals surface area contributed by atoms with Crippen LogP contribution in [-0.2, 0) is 16.1 Å². The van der Waals surface area contributed by atoms with Gasteiger partial charge >= 0.3 is 0 Å². The van der Waals surface area contributed by atoms with Crippen molar-refractivity contribution in [3.8, 4) is 0 Å². The molecule has 7 atom stereocenters. The van der Waals surface area contributed by atoms with Gasteiger partial charge in [-0.3, -0.25) is 9.59 Å². The number of aromatic nitrogens is 2. The largest absolute Gasteiger partial charge is 0.346 e. The number of alkyl halides is 1. The zero-order valence-corrected chi connectivity index (χ0v) is 21.1. The number of hydrogen-bond donors (Lipinski definition) is 2. The van der Waals surface area contributed by atoms with Crippen LogP contribution in [0.5, 0.6) is 0 Å². The Hall–Kier alpha value is -2.44. The standard InChI is InChI=1S/C28H37FN4O2/c1-26-13-6-7-18(26)17-10-11-22-27(2,19(17)12-14-26)16-28(29,25(35)33(22)3)24(34)30-15-23-31-20-8-4-5-9-21(20)32-23/h4-5,8-9,17-19,22H,6-7,10-16H2,1-3H3,(H,30,34)(H,31,32)/t17-,18-,19+,22?,26-,27+,28?/m0/s1. The van der Waals surface area contributed by atoms with Crippen molar-refractivity contribution in [2.24, 2.45) is 28.6 Å². The summed E-state index contributed by atoms with van der Waals surface area (Å²) < 4.78 is 16.6. The van der Waals surface area contributed by atoms with E-state index in [1.165, 1.54) is 25.7 Å². The first kappa shape index (κ1) is 23.0. The van der Waals surface area contributed by atoms with E-state index in [-0.39, 0.29) is 19.0 Å². The molecule has 0 spiro atoms. The fourth-order valence-electron chi connectivity index (χ4n) is 8.91. The van der Waals surface area contributed by atoms with Crippen LogP contribution in [0.15, 0.2) is 24.3 Å². The maximum atomic E-state index is 16.6. The van der Waals surface area contributed by atoms with Gasteiger partial charge in [-0.2, -0.15) is 0 Å². The normalized spacial score (nSPS) is 40.8. The molecule has 35 heavy (non-hydrogen) atoms. The molecule has 3 aliphatic carbocycles. The number of aromatic amines is 1. The van der Waals surface area contributed by atoms with Gasteiger partial charge in [-0.25, -0.2) is 9.37 Å². The summed E-state index contributed by atoms with van der Waals surface area (Å²) in [6, 6.07) is 7.59. The summed E-state index contributed by atoms with van der Waals surface area (Å²) in [6.45, 7) is 4.68. The van der Waals surface area contributed by atoms with E-state index in [2.05, 4.69) is 29.1 Å². The number of para-hydroxylation sites is 2. The number of amides is 2. The lowest BCUT2D eigenvalue weighted by atomic mass is 9.46. The molecule has 0 bridgehead atoms. The molecule has 7 heteroatoms. The highest BCUT2D eigenvalue weighted by atomic mass is 19.1. The number of likely N-dealkylation sites (tertiary alicyclic amines) is 1. The minimum absolute atomic E-state index is 0.00550. The third-order valence-electron chi connectivity index (χ3n) is 10.6. The van der Waals surface area contributed by atoms with Crippen molar-refractivity contribution in [1.29, 1.82) is 0 Å². The maximum absolute atomic E-state index is 16.6. The SMILES string of the molecule is CN1C(=O)C(F)(C(=O)NCc2nc3ccccc3[nH]2)C[C@@]2(C)C1CC[C@@H]1[C@H]2CC[C@]2(C)CCC[C@@H]12. The van der Waals surface area contributed by atoms with Gasteiger partial charge in [0.05, 0.1) is 17.6 Å². The number of fused-ring (bicyclic) bond motifs is 6. The fraction of sp³-hybridized carbons (Fsp3) is 0.679. The minimum atomic E-state index is -2.55. The molecular weight excluding hydrogens is 443 g/mol. The molecule has 6 rings (SSSR count). The lowest BCUT2D eigenvalue weighted by Crippen LogP contribution is -2.70. The number of carbonyl (C=O) groups is 2. The highest BCUT2D eigenvalue weighted by Crippen LogP contribution is 2.65. The van der Waals surface area contributed by atoms with Crippen LogP contribution in [0.25, 0.3) is 11.0 Å². The molecule has 6 nitrogen and oxygen atoms in total. The second kappa shape index (κ2) is 7.78. The number of H-pyrrole nitrogens is 1. The van der Waals surface area contributed by atoms with Gasteiger partial charge in [-0.1, -0.05) is 32.4 Å². The van der Waals surface area contributed by atoms with E-state index in [1.807, 2.05) is 24.3 Å². The van der Waals surface area contributed by atoms with E-state index in [0.29, 0.717) is 29.0 Å². The lowest BCUT2D eigenvalue weighted by molar-refractivity contribution is -0.185. The number of nitrogens with one attached hydrogen (secondary N) is 2. The number of rotatable bonds is 3. The Kier molecular flexibility index (Phi) is 5.11. The van der Waals surface area contributed by atoms with Crippen molar-refractivity contribution in [3.63, 3.8) is 0 Å². The second-order valence-electron chi connectivity index (χ2n) is 12.3. The number of benzene rings is 1. The van der Waals surface area contributed by atoms with Gasteiger partial charge < -0.3 is 15.2 Å². The predicted molar refractivity (Wildman–Crippen MR) is 132 cm³/mol. The number of imidazole rings is 1. The molecule has 2 heterocycles. The Morgan fingerprint density at radius 1 is 1.17 bits per heavy atom. The molecule has 4 aliphatic rings. The first-order valence-corrected chi connectivity index (χ1v) is 13.3. The number of hydrogen-bond acceptors (Lipinski definition) is 3. The molecule has 4 fully saturated rings. The molecule has 0 radical (unpaired) electrons. The van der Waals surface area contributed by atoms with Gasteiger partial charge in [0, 0.05) is 19.5 Å². The van der Waals surface area contributed by atoms with Crippen LogP contribution < -0.4 is 5.32 Å². The molecule has 188 valence electrons. The van der Waals surface area contributed by atoms with E-state index in [1.54, 1.807) is 11.9 Å². The van der Waals surface area contributed by atoms with Gasteiger partial charge in [-0.15, -0.1) is 0 Å². The van der Waals surface area contributed by atoms with Crippen LogP contribution in [-0.4, -0.2) is 45.4 Å². The third-order valence-corrected chi connectivity index (χ3v) is 10.6. The van der Waals surface area contributed by atoms with Crippen molar-refractivity contribution in [3.05, 3.63) is 30.1 Å². The third kappa shape index (κ3) is 3.29. The van der Waals surface area contributed by atoms with E-state index >= 15 is 4.39 Å². The molecule has 3 saturated carbocycles. The highest BCUT2D eigenvalue weighted by Gasteiger charge is 2.66. The van der Waals surface area contributed by atoms with Crippen LogP contribution in [0.1, 0.15) is 71.0 Å². The summed E-state index contributed by atoms with van der Waals surface area (Å²) in [6.07, 6.45) is 8.11. The predicted octanol–water partition coefficient (Wildman–Crippen LogP) is 4.75. The fourth-order valence-corrected chi connectivity index (χ4v) is 8.91. The van der Waals surface area contributed by atoms with E-state index in [0.717, 1.165) is 30.3 Å². The van der Waals surface area contributed by atoms with E-state index in [4.69, 9.17) is 0 Å². The highest BCUT2D eigenvalue weighted by molar-refractivity contribution is 6.09. The van der Waals surface area contributed by atoms with Gasteiger partial charge in [-0.05, 0) is 79.2 Å². The van der Waals surface area contributed by atoms with Crippen molar-refractivity contribution >= 4 is 22.8 Å². The Morgan fingerprint density at radius 2 is 1.97 bits per heavy atom. The molecule has 1 aromatic heterocycles. The summed E-state index contributed by atoms with van der Waals surface area (Å²) in [5.74, 6) is 0.640. The number of piperidine rings is 1. The number of carbonyl (C=O) groups excluding carboxylic acids is 2. The summed E-state index contributed by atoms with van der Waals surface area (Å²) in [5.41, 5.74) is -0.886. The zero-order valence-electron chi connectivity index (χ0n) is 21.1.